The molecule has 1 aromatic carbocycles. The molecule has 0 amide bonds. The van der Waals surface area contributed by atoms with Gasteiger partial charge in [-0.1, -0.05) is 11.3 Å². The molecule has 3 heterocycles. The number of hydrogen-bond acceptors (Lipinski definition) is 5. The van der Waals surface area contributed by atoms with E-state index >= 15 is 0 Å². The Morgan fingerprint density at radius 2 is 1.96 bits per heavy atom. The first kappa shape index (κ1) is 18.1. The molecule has 3 aromatic heterocycles. The number of thiophene rings is 1. The Morgan fingerprint density at radius 1 is 1.22 bits per heavy atom. The molecule has 27 heavy (non-hydrogen) atoms. The second-order valence-corrected chi connectivity index (χ2v) is 7.74. The average molecular weight is 455 g/mol. The molecule has 0 atom stereocenters. The van der Waals surface area contributed by atoms with Gasteiger partial charge in [-0.05, 0) is 53.5 Å². The van der Waals surface area contributed by atoms with E-state index in [2.05, 4.69) is 31.2 Å². The minimum absolute atomic E-state index is 0.00345. The molecule has 0 unspecified atom stereocenters. The summed E-state index contributed by atoms with van der Waals surface area (Å²) in [7, 11) is 0. The summed E-state index contributed by atoms with van der Waals surface area (Å²) in [6, 6.07) is 4.43. The topological polar surface area (TPSA) is 60.7 Å². The fourth-order valence-electron chi connectivity index (χ4n) is 2.86. The molecule has 0 saturated carbocycles. The van der Waals surface area contributed by atoms with Gasteiger partial charge in [-0.2, -0.15) is 17.9 Å². The summed E-state index contributed by atoms with van der Waals surface area (Å²) in [6.45, 7) is 3.72. The van der Waals surface area contributed by atoms with Crippen LogP contribution in [-0.2, 0) is 6.18 Å². The van der Waals surface area contributed by atoms with Crippen molar-refractivity contribution >= 4 is 47.7 Å². The summed E-state index contributed by atoms with van der Waals surface area (Å²) in [5.41, 5.74) is 0.669. The number of pyridine rings is 1. The van der Waals surface area contributed by atoms with Gasteiger partial charge < -0.3 is 0 Å². The predicted octanol–water partition coefficient (Wildman–Crippen LogP) is 4.79. The van der Waals surface area contributed by atoms with Crippen molar-refractivity contribution < 1.29 is 13.2 Å². The highest BCUT2D eigenvalue weighted by Gasteiger charge is 2.30. The number of fused-ring (bicyclic) bond motifs is 3. The van der Waals surface area contributed by atoms with Gasteiger partial charge in [0.05, 0.1) is 16.9 Å². The van der Waals surface area contributed by atoms with Gasteiger partial charge >= 0.3 is 6.18 Å². The smallest absolute Gasteiger partial charge is 0.266 e. The monoisotopic (exact) mass is 454 g/mol. The molecule has 0 spiro atoms. The van der Waals surface area contributed by atoms with Gasteiger partial charge in [0, 0.05) is 9.86 Å². The van der Waals surface area contributed by atoms with Crippen LogP contribution in [-0.4, -0.2) is 20.0 Å². The molecule has 0 aliphatic carbocycles. The van der Waals surface area contributed by atoms with Gasteiger partial charge in [-0.15, -0.1) is 16.4 Å². The van der Waals surface area contributed by atoms with E-state index in [1.165, 1.54) is 12.1 Å². The number of benzene rings is 1. The number of rotatable bonds is 1. The number of aromatic nitrogens is 4. The predicted molar refractivity (Wildman–Crippen MR) is 100 cm³/mol. The zero-order valence-corrected chi connectivity index (χ0v) is 16.3. The molecule has 4 rings (SSSR count). The molecule has 0 fully saturated rings. The molecule has 0 N–H and O–H groups in total. The van der Waals surface area contributed by atoms with E-state index in [1.54, 1.807) is 0 Å². The molecular formula is C17H10BrF3N4OS. The Hall–Kier alpha value is -2.33. The van der Waals surface area contributed by atoms with E-state index in [0.29, 0.717) is 20.4 Å². The molecule has 0 radical (unpaired) electrons. The van der Waals surface area contributed by atoms with Crippen LogP contribution in [0.4, 0.5) is 13.2 Å². The molecule has 10 heteroatoms. The van der Waals surface area contributed by atoms with Crippen molar-refractivity contribution in [1.29, 1.82) is 0 Å². The summed E-state index contributed by atoms with van der Waals surface area (Å²) in [5.74, 6) is 0. The van der Waals surface area contributed by atoms with Gasteiger partial charge in [0.1, 0.15) is 15.0 Å². The van der Waals surface area contributed by atoms with Crippen LogP contribution in [0.3, 0.4) is 0 Å². The number of halogens is 4. The van der Waals surface area contributed by atoms with Crippen molar-refractivity contribution in [1.82, 2.24) is 20.0 Å². The third kappa shape index (κ3) is 2.83. The molecule has 138 valence electrons. The Kier molecular flexibility index (Phi) is 4.08. The first-order valence-electron chi connectivity index (χ1n) is 7.71. The highest BCUT2D eigenvalue weighted by atomic mass is 79.9. The summed E-state index contributed by atoms with van der Waals surface area (Å²) in [6.07, 6.45) is -4.51. The van der Waals surface area contributed by atoms with Crippen LogP contribution >= 0.6 is 27.3 Å². The van der Waals surface area contributed by atoms with E-state index < -0.39 is 17.3 Å². The number of aryl methyl sites for hydroxylation is 2. The second-order valence-electron chi connectivity index (χ2n) is 5.95. The van der Waals surface area contributed by atoms with Crippen molar-refractivity contribution in [2.24, 2.45) is 0 Å². The maximum atomic E-state index is 13.0. The van der Waals surface area contributed by atoms with Crippen molar-refractivity contribution in [2.45, 2.75) is 20.0 Å². The van der Waals surface area contributed by atoms with Crippen LogP contribution in [0.2, 0.25) is 0 Å². The summed E-state index contributed by atoms with van der Waals surface area (Å²) in [5, 5.41) is 8.69. The Labute approximate surface area is 162 Å². The SMILES string of the molecule is Cc1nc2sc3c(=O)n(-c4cccc(C(F)(F)F)c4)nnc3c2c(C)c1Br. The van der Waals surface area contributed by atoms with Crippen LogP contribution in [0.25, 0.3) is 26.1 Å². The number of hydrogen-bond donors (Lipinski definition) is 0. The minimum Gasteiger partial charge on any atom is -0.266 e. The molecule has 5 nitrogen and oxygen atoms in total. The Morgan fingerprint density at radius 3 is 2.67 bits per heavy atom. The summed E-state index contributed by atoms with van der Waals surface area (Å²) in [4.78, 5) is 18.0. The fraction of sp³-hybridized carbons (Fsp3) is 0.176. The van der Waals surface area contributed by atoms with Gasteiger partial charge in [-0.3, -0.25) is 4.79 Å². The Bertz CT molecular complexity index is 1280. The van der Waals surface area contributed by atoms with Crippen LogP contribution < -0.4 is 5.56 Å². The minimum atomic E-state index is -4.51. The van der Waals surface area contributed by atoms with Crippen molar-refractivity contribution in [3.05, 3.63) is 55.9 Å². The number of alkyl halides is 3. The summed E-state index contributed by atoms with van der Waals surface area (Å²) >= 11 is 4.62. The summed E-state index contributed by atoms with van der Waals surface area (Å²) < 4.78 is 40.9. The van der Waals surface area contributed by atoms with E-state index in [9.17, 15) is 18.0 Å². The van der Waals surface area contributed by atoms with Gasteiger partial charge in [0.15, 0.2) is 0 Å². The highest BCUT2D eigenvalue weighted by molar-refractivity contribution is 9.10. The van der Waals surface area contributed by atoms with Gasteiger partial charge in [-0.25, -0.2) is 4.98 Å². The lowest BCUT2D eigenvalue weighted by Gasteiger charge is -2.09. The lowest BCUT2D eigenvalue weighted by atomic mass is 10.1. The van der Waals surface area contributed by atoms with E-state index in [-0.39, 0.29) is 5.69 Å². The average Bonchev–Trinajstić information content (AvgIpc) is 2.99. The molecule has 4 aromatic rings. The van der Waals surface area contributed by atoms with Crippen molar-refractivity contribution in [3.8, 4) is 5.69 Å². The third-order valence-corrected chi connectivity index (χ3v) is 6.42. The molecular weight excluding hydrogens is 445 g/mol. The quantitative estimate of drug-likeness (QED) is 0.414. The normalized spacial score (nSPS) is 12.2. The zero-order valence-electron chi connectivity index (χ0n) is 13.9. The Balaban J connectivity index is 2.00. The van der Waals surface area contributed by atoms with Crippen molar-refractivity contribution in [3.63, 3.8) is 0 Å². The highest BCUT2D eigenvalue weighted by Crippen LogP contribution is 2.36. The maximum absolute atomic E-state index is 13.0. The molecule has 0 aliphatic rings. The lowest BCUT2D eigenvalue weighted by Crippen LogP contribution is -2.22. The van der Waals surface area contributed by atoms with Crippen molar-refractivity contribution in [2.75, 3.05) is 0 Å². The fourth-order valence-corrected chi connectivity index (χ4v) is 4.29. The zero-order chi connectivity index (χ0) is 19.5. The van der Waals surface area contributed by atoms with E-state index in [4.69, 9.17) is 0 Å². The van der Waals surface area contributed by atoms with Crippen LogP contribution in [0.15, 0.2) is 33.5 Å². The third-order valence-electron chi connectivity index (χ3n) is 4.19. The molecule has 0 bridgehead atoms. The first-order valence-corrected chi connectivity index (χ1v) is 9.32. The second kappa shape index (κ2) is 6.10. The first-order chi connectivity index (χ1) is 12.7. The number of nitrogens with zero attached hydrogens (tertiary/aromatic N) is 4. The van der Waals surface area contributed by atoms with E-state index in [1.807, 2.05) is 13.8 Å². The van der Waals surface area contributed by atoms with Crippen LogP contribution in [0, 0.1) is 13.8 Å². The van der Waals surface area contributed by atoms with Crippen LogP contribution in [0.5, 0.6) is 0 Å². The van der Waals surface area contributed by atoms with Gasteiger partial charge in [0.25, 0.3) is 5.56 Å². The maximum Gasteiger partial charge on any atom is 0.416 e. The standard InChI is InChI=1S/C17H10BrF3N4OS/c1-7-11-13-14(27-15(11)22-8(2)12(7)18)16(26)25(24-23-13)10-5-3-4-9(6-10)17(19,20)21/h3-6H,1-2H3. The molecule has 0 aliphatic heterocycles. The van der Waals surface area contributed by atoms with Gasteiger partial charge in [0.2, 0.25) is 0 Å². The molecule has 0 saturated heterocycles. The van der Waals surface area contributed by atoms with Crippen LogP contribution in [0.1, 0.15) is 16.8 Å². The lowest BCUT2D eigenvalue weighted by molar-refractivity contribution is -0.137. The largest absolute Gasteiger partial charge is 0.416 e. The van der Waals surface area contributed by atoms with E-state index in [0.717, 1.165) is 43.9 Å².